The highest BCUT2D eigenvalue weighted by molar-refractivity contribution is 9.10. The third-order valence-corrected chi connectivity index (χ3v) is 4.56. The van der Waals surface area contributed by atoms with Crippen LogP contribution < -0.4 is 5.32 Å². The molecule has 1 saturated heterocycles. The Labute approximate surface area is 122 Å². The van der Waals surface area contributed by atoms with E-state index in [4.69, 9.17) is 0 Å². The molecule has 2 aromatic rings. The van der Waals surface area contributed by atoms with Gasteiger partial charge in [0.15, 0.2) is 0 Å². The average Bonchev–Trinajstić information content (AvgIpc) is 2.48. The van der Waals surface area contributed by atoms with E-state index in [1.165, 1.54) is 33.9 Å². The first-order valence-corrected chi connectivity index (χ1v) is 7.73. The Morgan fingerprint density at radius 3 is 2.53 bits per heavy atom. The summed E-state index contributed by atoms with van der Waals surface area (Å²) in [6.45, 7) is 5.76. The molecule has 0 atom stereocenters. The minimum absolute atomic E-state index is 1.13. The summed E-state index contributed by atoms with van der Waals surface area (Å²) in [6, 6.07) is 13.1. The highest BCUT2D eigenvalue weighted by Crippen LogP contribution is 2.27. The highest BCUT2D eigenvalue weighted by atomic mass is 79.9. The van der Waals surface area contributed by atoms with Crippen molar-refractivity contribution in [2.75, 3.05) is 32.7 Å². The summed E-state index contributed by atoms with van der Waals surface area (Å²) in [5.74, 6) is 0. The smallest absolute Gasteiger partial charge is 0.0253 e. The number of fused-ring (bicyclic) bond motifs is 1. The number of benzene rings is 2. The van der Waals surface area contributed by atoms with Gasteiger partial charge in [-0.15, -0.1) is 0 Å². The lowest BCUT2D eigenvalue weighted by molar-refractivity contribution is 0.244. The molecule has 1 N–H and O–H groups in total. The van der Waals surface area contributed by atoms with Gasteiger partial charge in [0, 0.05) is 37.2 Å². The molecule has 0 amide bonds. The van der Waals surface area contributed by atoms with Crippen molar-refractivity contribution in [1.82, 2.24) is 10.2 Å². The van der Waals surface area contributed by atoms with Gasteiger partial charge >= 0.3 is 0 Å². The topological polar surface area (TPSA) is 15.3 Å². The van der Waals surface area contributed by atoms with E-state index in [-0.39, 0.29) is 0 Å². The summed E-state index contributed by atoms with van der Waals surface area (Å²) >= 11 is 3.64. The van der Waals surface area contributed by atoms with Crippen molar-refractivity contribution >= 4 is 26.7 Å². The number of halogens is 1. The molecule has 0 bridgehead atoms. The lowest BCUT2D eigenvalue weighted by Gasteiger charge is -2.27. The molecule has 0 aliphatic carbocycles. The molecular formula is C16H19BrN2. The molecule has 0 unspecified atom stereocenters. The number of nitrogens with one attached hydrogen (secondary N) is 1. The first-order valence-electron chi connectivity index (χ1n) is 6.94. The molecule has 2 nitrogen and oxygen atoms in total. The second kappa shape index (κ2) is 6.04. The Morgan fingerprint density at radius 2 is 1.74 bits per heavy atom. The molecule has 0 spiro atoms. The van der Waals surface area contributed by atoms with E-state index in [2.05, 4.69) is 62.5 Å². The number of piperazine rings is 1. The van der Waals surface area contributed by atoms with Gasteiger partial charge in [0.05, 0.1) is 0 Å². The van der Waals surface area contributed by atoms with Crippen molar-refractivity contribution < 1.29 is 0 Å². The van der Waals surface area contributed by atoms with Crippen LogP contribution >= 0.6 is 15.9 Å². The first kappa shape index (κ1) is 13.1. The molecule has 100 valence electrons. The van der Waals surface area contributed by atoms with E-state index in [0.717, 1.165) is 26.1 Å². The van der Waals surface area contributed by atoms with E-state index in [0.29, 0.717) is 0 Å². The minimum atomic E-state index is 1.13. The zero-order valence-electron chi connectivity index (χ0n) is 11.0. The molecule has 0 saturated carbocycles. The van der Waals surface area contributed by atoms with Crippen LogP contribution in [0.2, 0.25) is 0 Å². The maximum atomic E-state index is 3.64. The Hall–Kier alpha value is -0.900. The fourth-order valence-electron chi connectivity index (χ4n) is 2.76. The van der Waals surface area contributed by atoms with Gasteiger partial charge in [-0.05, 0) is 28.8 Å². The average molecular weight is 319 g/mol. The third kappa shape index (κ3) is 2.99. The van der Waals surface area contributed by atoms with E-state index in [1.807, 2.05) is 0 Å². The molecule has 1 heterocycles. The molecule has 0 radical (unpaired) electrons. The van der Waals surface area contributed by atoms with E-state index in [1.54, 1.807) is 0 Å². The predicted octanol–water partition coefficient (Wildman–Crippen LogP) is 3.05. The summed E-state index contributed by atoms with van der Waals surface area (Å²) in [7, 11) is 0. The van der Waals surface area contributed by atoms with Crippen molar-refractivity contribution in [2.24, 2.45) is 0 Å². The fraction of sp³-hybridized carbons (Fsp3) is 0.375. The first-order chi connectivity index (χ1) is 9.34. The van der Waals surface area contributed by atoms with Crippen LogP contribution in [0.5, 0.6) is 0 Å². The monoisotopic (exact) mass is 318 g/mol. The summed E-state index contributed by atoms with van der Waals surface area (Å²) < 4.78 is 1.19. The number of hydrogen-bond donors (Lipinski definition) is 1. The largest absolute Gasteiger partial charge is 0.314 e. The van der Waals surface area contributed by atoms with Crippen LogP contribution in [0.1, 0.15) is 5.56 Å². The van der Waals surface area contributed by atoms with Crippen molar-refractivity contribution in [3.8, 4) is 0 Å². The van der Waals surface area contributed by atoms with Gasteiger partial charge in [0.25, 0.3) is 0 Å². The van der Waals surface area contributed by atoms with Crippen molar-refractivity contribution in [1.29, 1.82) is 0 Å². The zero-order chi connectivity index (χ0) is 13.1. The maximum absolute atomic E-state index is 3.64. The van der Waals surface area contributed by atoms with Crippen LogP contribution in [0.3, 0.4) is 0 Å². The Balaban J connectivity index is 1.79. The summed E-state index contributed by atoms with van der Waals surface area (Å²) in [4.78, 5) is 2.55. The van der Waals surface area contributed by atoms with Crippen LogP contribution in [0.4, 0.5) is 0 Å². The molecular weight excluding hydrogens is 300 g/mol. The molecule has 1 aliphatic heterocycles. The molecule has 3 rings (SSSR count). The predicted molar refractivity (Wildman–Crippen MR) is 84.7 cm³/mol. The Bertz CT molecular complexity index is 562. The molecule has 0 aromatic heterocycles. The van der Waals surface area contributed by atoms with Crippen LogP contribution in [0.25, 0.3) is 10.8 Å². The second-order valence-corrected chi connectivity index (χ2v) is 5.95. The van der Waals surface area contributed by atoms with Gasteiger partial charge in [-0.3, -0.25) is 0 Å². The molecule has 1 aliphatic rings. The van der Waals surface area contributed by atoms with Crippen molar-refractivity contribution in [3.05, 3.63) is 46.4 Å². The normalized spacial score (nSPS) is 16.9. The van der Waals surface area contributed by atoms with Crippen LogP contribution in [-0.2, 0) is 6.42 Å². The standard InChI is InChI=1S/C16H19BrN2/c17-16-6-5-13(14-3-1-2-4-15(14)16)7-10-19-11-8-18-9-12-19/h1-6,18H,7-12H2. The van der Waals surface area contributed by atoms with Gasteiger partial charge < -0.3 is 10.2 Å². The molecule has 1 fully saturated rings. The Kier molecular flexibility index (Phi) is 4.16. The zero-order valence-corrected chi connectivity index (χ0v) is 12.6. The number of rotatable bonds is 3. The highest BCUT2D eigenvalue weighted by Gasteiger charge is 2.10. The molecule has 3 heteroatoms. The quantitative estimate of drug-likeness (QED) is 0.935. The van der Waals surface area contributed by atoms with Gasteiger partial charge in [-0.1, -0.05) is 46.3 Å². The van der Waals surface area contributed by atoms with Gasteiger partial charge in [0.2, 0.25) is 0 Å². The summed E-state index contributed by atoms with van der Waals surface area (Å²) in [5.41, 5.74) is 1.46. The summed E-state index contributed by atoms with van der Waals surface area (Å²) in [5, 5.41) is 6.10. The lowest BCUT2D eigenvalue weighted by Crippen LogP contribution is -2.44. The second-order valence-electron chi connectivity index (χ2n) is 5.09. The van der Waals surface area contributed by atoms with Gasteiger partial charge in [0.1, 0.15) is 0 Å². The van der Waals surface area contributed by atoms with E-state index >= 15 is 0 Å². The van der Waals surface area contributed by atoms with E-state index in [9.17, 15) is 0 Å². The molecule has 2 aromatic carbocycles. The van der Waals surface area contributed by atoms with E-state index < -0.39 is 0 Å². The third-order valence-electron chi connectivity index (χ3n) is 3.87. The Morgan fingerprint density at radius 1 is 1.00 bits per heavy atom. The van der Waals surface area contributed by atoms with Crippen LogP contribution in [-0.4, -0.2) is 37.6 Å². The fourth-order valence-corrected chi connectivity index (χ4v) is 3.23. The van der Waals surface area contributed by atoms with Crippen molar-refractivity contribution in [2.45, 2.75) is 6.42 Å². The van der Waals surface area contributed by atoms with Crippen LogP contribution in [0, 0.1) is 0 Å². The lowest BCUT2D eigenvalue weighted by atomic mass is 10.0. The van der Waals surface area contributed by atoms with Crippen molar-refractivity contribution in [3.63, 3.8) is 0 Å². The van der Waals surface area contributed by atoms with Crippen LogP contribution in [0.15, 0.2) is 40.9 Å². The number of nitrogens with zero attached hydrogens (tertiary/aromatic N) is 1. The number of hydrogen-bond acceptors (Lipinski definition) is 2. The molecule has 19 heavy (non-hydrogen) atoms. The SMILES string of the molecule is Brc1ccc(CCN2CCNCC2)c2ccccc12. The minimum Gasteiger partial charge on any atom is -0.314 e. The van der Waals surface area contributed by atoms with Gasteiger partial charge in [-0.25, -0.2) is 0 Å². The van der Waals surface area contributed by atoms with Gasteiger partial charge in [-0.2, -0.15) is 0 Å². The maximum Gasteiger partial charge on any atom is 0.0253 e. The summed E-state index contributed by atoms with van der Waals surface area (Å²) in [6.07, 6.45) is 1.13.